The number of aromatic nitrogens is 3. The van der Waals surface area contributed by atoms with E-state index in [1.54, 1.807) is 17.1 Å². The molecule has 0 aliphatic heterocycles. The Balaban J connectivity index is 2.41. The topological polar surface area (TPSA) is 68.0 Å². The molecule has 0 fully saturated rings. The molecule has 0 atom stereocenters. The van der Waals surface area contributed by atoms with Gasteiger partial charge >= 0.3 is 5.97 Å². The smallest absolute Gasteiger partial charge is 0.336 e. The summed E-state index contributed by atoms with van der Waals surface area (Å²) in [7, 11) is 0. The first-order chi connectivity index (χ1) is 8.22. The zero-order chi connectivity index (χ0) is 12.3. The first-order valence-electron chi connectivity index (χ1n) is 5.42. The number of hydrogen-bond donors (Lipinski definition) is 1. The lowest BCUT2D eigenvalue weighted by atomic mass is 10.1. The van der Waals surface area contributed by atoms with Crippen LogP contribution in [0.4, 0.5) is 0 Å². The summed E-state index contributed by atoms with van der Waals surface area (Å²) in [5.41, 5.74) is 1.63. The third-order valence-corrected chi connectivity index (χ3v) is 2.45. The Morgan fingerprint density at radius 1 is 1.47 bits per heavy atom. The Morgan fingerprint density at radius 2 is 2.29 bits per heavy atom. The summed E-state index contributed by atoms with van der Waals surface area (Å²) >= 11 is 0. The van der Waals surface area contributed by atoms with Crippen molar-refractivity contribution in [2.45, 2.75) is 19.9 Å². The predicted molar refractivity (Wildman–Crippen MR) is 62.7 cm³/mol. The molecule has 0 saturated heterocycles. The second kappa shape index (κ2) is 4.78. The molecule has 0 unspecified atom stereocenters. The van der Waals surface area contributed by atoms with Crippen LogP contribution in [0.2, 0.25) is 0 Å². The SMILES string of the molecule is CCCn1cc(-c2cnccc2C(=O)O)cn1. The van der Waals surface area contributed by atoms with Gasteiger partial charge in [0.25, 0.3) is 0 Å². The van der Waals surface area contributed by atoms with Crippen molar-refractivity contribution in [3.63, 3.8) is 0 Å². The van der Waals surface area contributed by atoms with E-state index in [-0.39, 0.29) is 5.56 Å². The molecule has 0 saturated carbocycles. The van der Waals surface area contributed by atoms with Gasteiger partial charge in [-0.25, -0.2) is 4.79 Å². The maximum absolute atomic E-state index is 11.1. The molecule has 1 N–H and O–H groups in total. The van der Waals surface area contributed by atoms with Gasteiger partial charge in [0.2, 0.25) is 0 Å². The summed E-state index contributed by atoms with van der Waals surface area (Å²) in [5, 5.41) is 13.3. The van der Waals surface area contributed by atoms with Crippen LogP contribution < -0.4 is 0 Å². The lowest BCUT2D eigenvalue weighted by molar-refractivity contribution is 0.0697. The highest BCUT2D eigenvalue weighted by Crippen LogP contribution is 2.22. The van der Waals surface area contributed by atoms with E-state index in [0.717, 1.165) is 18.5 Å². The van der Waals surface area contributed by atoms with E-state index in [1.165, 1.54) is 12.3 Å². The monoisotopic (exact) mass is 231 g/mol. The standard InChI is InChI=1S/C12H13N3O2/c1-2-5-15-8-9(6-14-15)11-7-13-4-3-10(11)12(16)17/h3-4,6-8H,2,5H2,1H3,(H,16,17). The van der Waals surface area contributed by atoms with Crippen LogP contribution >= 0.6 is 0 Å². The van der Waals surface area contributed by atoms with Crippen LogP contribution in [0.25, 0.3) is 11.1 Å². The molecule has 0 spiro atoms. The molecule has 0 aromatic carbocycles. The fourth-order valence-electron chi connectivity index (χ4n) is 1.67. The van der Waals surface area contributed by atoms with Crippen molar-refractivity contribution in [1.82, 2.24) is 14.8 Å². The Morgan fingerprint density at radius 3 is 3.00 bits per heavy atom. The van der Waals surface area contributed by atoms with Crippen LogP contribution in [0.1, 0.15) is 23.7 Å². The number of carbonyl (C=O) groups is 1. The van der Waals surface area contributed by atoms with Crippen molar-refractivity contribution in [2.75, 3.05) is 0 Å². The van der Waals surface area contributed by atoms with E-state index >= 15 is 0 Å². The summed E-state index contributed by atoms with van der Waals surface area (Å²) in [6, 6.07) is 1.49. The predicted octanol–water partition coefficient (Wildman–Crippen LogP) is 2.05. The van der Waals surface area contributed by atoms with Gasteiger partial charge in [0, 0.05) is 36.3 Å². The van der Waals surface area contributed by atoms with Crippen LogP contribution in [-0.2, 0) is 6.54 Å². The lowest BCUT2D eigenvalue weighted by Gasteiger charge is -2.01. The Hall–Kier alpha value is -2.17. The first-order valence-corrected chi connectivity index (χ1v) is 5.42. The van der Waals surface area contributed by atoms with Gasteiger partial charge in [-0.3, -0.25) is 9.67 Å². The molecule has 5 heteroatoms. The van der Waals surface area contributed by atoms with Gasteiger partial charge in [0.15, 0.2) is 0 Å². The van der Waals surface area contributed by atoms with E-state index < -0.39 is 5.97 Å². The van der Waals surface area contributed by atoms with E-state index in [4.69, 9.17) is 5.11 Å². The van der Waals surface area contributed by atoms with Crippen molar-refractivity contribution in [1.29, 1.82) is 0 Å². The van der Waals surface area contributed by atoms with Crippen LogP contribution in [0, 0.1) is 0 Å². The number of aromatic carboxylic acids is 1. The minimum Gasteiger partial charge on any atom is -0.478 e. The molecule has 2 aromatic heterocycles. The Labute approximate surface area is 98.7 Å². The fraction of sp³-hybridized carbons (Fsp3) is 0.250. The highest BCUT2D eigenvalue weighted by atomic mass is 16.4. The quantitative estimate of drug-likeness (QED) is 0.874. The van der Waals surface area contributed by atoms with Gasteiger partial charge < -0.3 is 5.11 Å². The number of rotatable bonds is 4. The van der Waals surface area contributed by atoms with E-state index in [9.17, 15) is 4.79 Å². The highest BCUT2D eigenvalue weighted by molar-refractivity contribution is 5.95. The van der Waals surface area contributed by atoms with Gasteiger partial charge in [0.05, 0.1) is 11.8 Å². The zero-order valence-corrected chi connectivity index (χ0v) is 9.50. The van der Waals surface area contributed by atoms with Crippen LogP contribution in [0.15, 0.2) is 30.9 Å². The fourth-order valence-corrected chi connectivity index (χ4v) is 1.67. The van der Waals surface area contributed by atoms with Crippen LogP contribution in [-0.4, -0.2) is 25.8 Å². The average Bonchev–Trinajstić information content (AvgIpc) is 2.78. The molecule has 88 valence electrons. The van der Waals surface area contributed by atoms with Gasteiger partial charge in [0.1, 0.15) is 0 Å². The molecule has 2 heterocycles. The summed E-state index contributed by atoms with van der Waals surface area (Å²) < 4.78 is 1.80. The first kappa shape index (κ1) is 11.3. The maximum atomic E-state index is 11.1. The molecule has 17 heavy (non-hydrogen) atoms. The molecule has 2 rings (SSSR count). The second-order valence-corrected chi connectivity index (χ2v) is 3.72. The maximum Gasteiger partial charge on any atom is 0.336 e. The molecule has 0 radical (unpaired) electrons. The zero-order valence-electron chi connectivity index (χ0n) is 9.50. The number of aryl methyl sites for hydroxylation is 1. The van der Waals surface area contributed by atoms with Crippen molar-refractivity contribution in [3.8, 4) is 11.1 Å². The number of carboxylic acid groups (broad SMARTS) is 1. The van der Waals surface area contributed by atoms with Crippen molar-refractivity contribution < 1.29 is 9.90 Å². The second-order valence-electron chi connectivity index (χ2n) is 3.72. The molecular formula is C12H13N3O2. The molecule has 2 aromatic rings. The minimum atomic E-state index is -0.953. The third kappa shape index (κ3) is 2.33. The van der Waals surface area contributed by atoms with Gasteiger partial charge in [-0.2, -0.15) is 5.10 Å². The summed E-state index contributed by atoms with van der Waals surface area (Å²) in [6.07, 6.45) is 7.52. The summed E-state index contributed by atoms with van der Waals surface area (Å²) in [5.74, 6) is -0.953. The number of nitrogens with zero attached hydrogens (tertiary/aromatic N) is 3. The third-order valence-electron chi connectivity index (χ3n) is 2.45. The van der Waals surface area contributed by atoms with E-state index in [1.807, 2.05) is 6.20 Å². The minimum absolute atomic E-state index is 0.246. The van der Waals surface area contributed by atoms with Crippen molar-refractivity contribution >= 4 is 5.97 Å². The number of carboxylic acids is 1. The van der Waals surface area contributed by atoms with Crippen molar-refractivity contribution in [2.24, 2.45) is 0 Å². The van der Waals surface area contributed by atoms with Gasteiger partial charge in [-0.1, -0.05) is 6.92 Å². The van der Waals surface area contributed by atoms with E-state index in [2.05, 4.69) is 17.0 Å². The molecule has 0 bridgehead atoms. The Kier molecular flexibility index (Phi) is 3.18. The van der Waals surface area contributed by atoms with Crippen LogP contribution in [0.3, 0.4) is 0 Å². The summed E-state index contributed by atoms with van der Waals surface area (Å²) in [4.78, 5) is 15.0. The van der Waals surface area contributed by atoms with Gasteiger partial charge in [-0.15, -0.1) is 0 Å². The highest BCUT2D eigenvalue weighted by Gasteiger charge is 2.12. The van der Waals surface area contributed by atoms with E-state index in [0.29, 0.717) is 5.56 Å². The molecule has 0 aliphatic carbocycles. The number of pyridine rings is 1. The van der Waals surface area contributed by atoms with Crippen molar-refractivity contribution in [3.05, 3.63) is 36.4 Å². The lowest BCUT2D eigenvalue weighted by Crippen LogP contribution is -1.99. The largest absolute Gasteiger partial charge is 0.478 e. The molecule has 0 amide bonds. The molecule has 0 aliphatic rings. The van der Waals surface area contributed by atoms with Crippen LogP contribution in [0.5, 0.6) is 0 Å². The summed E-state index contributed by atoms with van der Waals surface area (Å²) in [6.45, 7) is 2.89. The Bertz CT molecular complexity index is 534. The normalized spacial score (nSPS) is 10.4. The van der Waals surface area contributed by atoms with Gasteiger partial charge in [-0.05, 0) is 12.5 Å². The molecular weight excluding hydrogens is 218 g/mol. The molecule has 5 nitrogen and oxygen atoms in total. The average molecular weight is 231 g/mol. The number of hydrogen-bond acceptors (Lipinski definition) is 3.